The van der Waals surface area contributed by atoms with Crippen LogP contribution >= 0.6 is 22.6 Å². The normalized spacial score (nSPS) is 14.2. The van der Waals surface area contributed by atoms with E-state index in [2.05, 4.69) is 27.9 Å². The number of carbonyl (C=O) groups is 1. The molecule has 2 N–H and O–H groups in total. The Morgan fingerprint density at radius 3 is 2.62 bits per heavy atom. The zero-order valence-corrected chi connectivity index (χ0v) is 11.6. The van der Waals surface area contributed by atoms with Gasteiger partial charge in [-0.1, -0.05) is 19.1 Å². The second kappa shape index (κ2) is 5.63. The fourth-order valence-corrected chi connectivity index (χ4v) is 1.86. The van der Waals surface area contributed by atoms with Gasteiger partial charge in [0.25, 0.3) is 5.91 Å². The summed E-state index contributed by atoms with van der Waals surface area (Å²) in [7, 11) is 0. The van der Waals surface area contributed by atoms with Crippen molar-refractivity contribution in [1.29, 1.82) is 0 Å². The molecule has 0 aromatic heterocycles. The van der Waals surface area contributed by atoms with Gasteiger partial charge in [-0.05, 0) is 48.1 Å². The van der Waals surface area contributed by atoms with Gasteiger partial charge in [-0.2, -0.15) is 0 Å². The van der Waals surface area contributed by atoms with Gasteiger partial charge in [0.2, 0.25) is 0 Å². The number of halogens is 1. The third-order valence-corrected chi connectivity index (χ3v) is 3.60. The summed E-state index contributed by atoms with van der Waals surface area (Å²) in [5.41, 5.74) is 0.104. The number of benzene rings is 1. The van der Waals surface area contributed by atoms with Crippen molar-refractivity contribution < 1.29 is 9.90 Å². The molecule has 0 aliphatic carbocycles. The van der Waals surface area contributed by atoms with Crippen molar-refractivity contribution in [2.75, 3.05) is 6.61 Å². The molecule has 1 atom stereocenters. The van der Waals surface area contributed by atoms with E-state index in [-0.39, 0.29) is 12.5 Å². The Balaban J connectivity index is 2.84. The number of amides is 1. The zero-order valence-electron chi connectivity index (χ0n) is 9.46. The number of hydrogen-bond donors (Lipinski definition) is 2. The summed E-state index contributed by atoms with van der Waals surface area (Å²) in [6.45, 7) is 3.71. The number of carbonyl (C=O) groups excluding carboxylic acids is 1. The third kappa shape index (κ3) is 3.18. The van der Waals surface area contributed by atoms with E-state index in [0.717, 1.165) is 3.57 Å². The lowest BCUT2D eigenvalue weighted by Gasteiger charge is -2.27. The predicted octanol–water partition coefficient (Wildman–Crippen LogP) is 2.18. The quantitative estimate of drug-likeness (QED) is 0.830. The van der Waals surface area contributed by atoms with E-state index in [1.165, 1.54) is 0 Å². The maximum Gasteiger partial charge on any atom is 0.252 e. The van der Waals surface area contributed by atoms with Gasteiger partial charge in [0, 0.05) is 3.57 Å². The molecule has 16 heavy (non-hydrogen) atoms. The number of hydrogen-bond acceptors (Lipinski definition) is 2. The van der Waals surface area contributed by atoms with Crippen LogP contribution in [-0.2, 0) is 0 Å². The number of rotatable bonds is 4. The maximum atomic E-state index is 12.0. The number of aliphatic hydroxyl groups is 1. The van der Waals surface area contributed by atoms with E-state index in [9.17, 15) is 9.90 Å². The lowest BCUT2D eigenvalue weighted by molar-refractivity contribution is 0.0846. The molecule has 1 rings (SSSR count). The SMILES string of the molecule is CCC(C)(CO)NC(=O)c1ccccc1I. The molecule has 3 nitrogen and oxygen atoms in total. The Kier molecular flexibility index (Phi) is 4.73. The van der Waals surface area contributed by atoms with Crippen LogP contribution in [0.15, 0.2) is 24.3 Å². The summed E-state index contributed by atoms with van der Waals surface area (Å²) in [6.07, 6.45) is 0.693. The standard InChI is InChI=1S/C12H16INO2/c1-3-12(2,8-15)14-11(16)9-6-4-5-7-10(9)13/h4-7,15H,3,8H2,1-2H3,(H,14,16). The summed E-state index contributed by atoms with van der Waals surface area (Å²) in [5.74, 6) is -0.136. The summed E-state index contributed by atoms with van der Waals surface area (Å²) in [4.78, 5) is 12.0. The van der Waals surface area contributed by atoms with E-state index >= 15 is 0 Å². The topological polar surface area (TPSA) is 49.3 Å². The molecule has 4 heteroatoms. The Hall–Kier alpha value is -0.620. The average Bonchev–Trinajstić information content (AvgIpc) is 2.29. The van der Waals surface area contributed by atoms with Crippen molar-refractivity contribution in [2.45, 2.75) is 25.8 Å². The molecule has 0 heterocycles. The molecule has 0 aliphatic heterocycles. The highest BCUT2D eigenvalue weighted by Gasteiger charge is 2.24. The molecule has 0 radical (unpaired) electrons. The smallest absolute Gasteiger partial charge is 0.252 e. The molecule has 0 fully saturated rings. The summed E-state index contributed by atoms with van der Waals surface area (Å²) < 4.78 is 0.911. The molecule has 0 bridgehead atoms. The van der Waals surface area contributed by atoms with Crippen molar-refractivity contribution in [1.82, 2.24) is 5.32 Å². The molecule has 1 aromatic carbocycles. The lowest BCUT2D eigenvalue weighted by atomic mass is 9.99. The fourth-order valence-electron chi connectivity index (χ4n) is 1.23. The summed E-state index contributed by atoms with van der Waals surface area (Å²) >= 11 is 2.13. The van der Waals surface area contributed by atoms with Crippen molar-refractivity contribution >= 4 is 28.5 Å². The van der Waals surface area contributed by atoms with E-state index in [0.29, 0.717) is 12.0 Å². The van der Waals surface area contributed by atoms with E-state index in [4.69, 9.17) is 0 Å². The van der Waals surface area contributed by atoms with Gasteiger partial charge in [0.05, 0.1) is 17.7 Å². The first kappa shape index (κ1) is 13.4. The molecule has 88 valence electrons. The summed E-state index contributed by atoms with van der Waals surface area (Å²) in [6, 6.07) is 7.39. The monoisotopic (exact) mass is 333 g/mol. The van der Waals surface area contributed by atoms with Gasteiger partial charge in [-0.15, -0.1) is 0 Å². The molecular weight excluding hydrogens is 317 g/mol. The Bertz CT molecular complexity index is 375. The van der Waals surface area contributed by atoms with Crippen molar-refractivity contribution in [3.63, 3.8) is 0 Å². The highest BCUT2D eigenvalue weighted by atomic mass is 127. The van der Waals surface area contributed by atoms with Gasteiger partial charge in [-0.3, -0.25) is 4.79 Å². The largest absolute Gasteiger partial charge is 0.394 e. The minimum Gasteiger partial charge on any atom is -0.394 e. The Labute approximate surface area is 109 Å². The first-order chi connectivity index (χ1) is 7.52. The first-order valence-corrected chi connectivity index (χ1v) is 6.28. The van der Waals surface area contributed by atoms with Gasteiger partial charge < -0.3 is 10.4 Å². The van der Waals surface area contributed by atoms with Crippen molar-refractivity contribution in [2.24, 2.45) is 0 Å². The second-order valence-electron chi connectivity index (χ2n) is 4.01. The Morgan fingerprint density at radius 2 is 2.12 bits per heavy atom. The molecule has 1 aromatic rings. The van der Waals surface area contributed by atoms with E-state index in [1.807, 2.05) is 32.0 Å². The van der Waals surface area contributed by atoms with Gasteiger partial charge in [-0.25, -0.2) is 0 Å². The molecule has 1 unspecified atom stereocenters. The predicted molar refractivity (Wildman–Crippen MR) is 72.4 cm³/mol. The van der Waals surface area contributed by atoms with Crippen LogP contribution < -0.4 is 5.32 Å². The van der Waals surface area contributed by atoms with Crippen LogP contribution in [0.25, 0.3) is 0 Å². The second-order valence-corrected chi connectivity index (χ2v) is 5.17. The van der Waals surface area contributed by atoms with Gasteiger partial charge in [0.15, 0.2) is 0 Å². The van der Waals surface area contributed by atoms with Gasteiger partial charge in [0.1, 0.15) is 0 Å². The Morgan fingerprint density at radius 1 is 1.50 bits per heavy atom. The van der Waals surface area contributed by atoms with Crippen LogP contribution in [0.2, 0.25) is 0 Å². The van der Waals surface area contributed by atoms with Crippen LogP contribution in [0.5, 0.6) is 0 Å². The third-order valence-electron chi connectivity index (χ3n) is 2.66. The molecule has 0 spiro atoms. The van der Waals surface area contributed by atoms with E-state index in [1.54, 1.807) is 6.07 Å². The highest BCUT2D eigenvalue weighted by molar-refractivity contribution is 14.1. The minimum absolute atomic E-state index is 0.0569. The van der Waals surface area contributed by atoms with Crippen molar-refractivity contribution in [3.8, 4) is 0 Å². The van der Waals surface area contributed by atoms with Crippen LogP contribution in [0.1, 0.15) is 30.6 Å². The fraction of sp³-hybridized carbons (Fsp3) is 0.417. The lowest BCUT2D eigenvalue weighted by Crippen LogP contribution is -2.48. The van der Waals surface area contributed by atoms with Gasteiger partial charge >= 0.3 is 0 Å². The van der Waals surface area contributed by atoms with Crippen LogP contribution in [-0.4, -0.2) is 23.2 Å². The number of nitrogens with one attached hydrogen (secondary N) is 1. The molecular formula is C12H16INO2. The van der Waals surface area contributed by atoms with Crippen molar-refractivity contribution in [3.05, 3.63) is 33.4 Å². The highest BCUT2D eigenvalue weighted by Crippen LogP contribution is 2.14. The molecule has 0 saturated carbocycles. The zero-order chi connectivity index (χ0) is 12.2. The molecule has 0 saturated heterocycles. The number of aliphatic hydroxyl groups excluding tert-OH is 1. The van der Waals surface area contributed by atoms with Crippen LogP contribution in [0, 0.1) is 3.57 Å². The summed E-state index contributed by atoms with van der Waals surface area (Å²) in [5, 5.41) is 12.1. The van der Waals surface area contributed by atoms with Crippen LogP contribution in [0.3, 0.4) is 0 Å². The molecule has 1 amide bonds. The first-order valence-electron chi connectivity index (χ1n) is 5.20. The minimum atomic E-state index is -0.546. The maximum absolute atomic E-state index is 12.0. The van der Waals surface area contributed by atoms with Crippen LogP contribution in [0.4, 0.5) is 0 Å². The van der Waals surface area contributed by atoms with E-state index < -0.39 is 5.54 Å². The average molecular weight is 333 g/mol. The molecule has 0 aliphatic rings.